The van der Waals surface area contributed by atoms with Crippen LogP contribution in [0.1, 0.15) is 0 Å². The van der Waals surface area contributed by atoms with E-state index in [4.69, 9.17) is 9.84 Å². The van der Waals surface area contributed by atoms with Gasteiger partial charge in [-0.2, -0.15) is 0 Å². The number of benzene rings is 1. The maximum atomic E-state index is 12.4. The Kier molecular flexibility index (Phi) is 4.92. The van der Waals surface area contributed by atoms with E-state index in [2.05, 4.69) is 15.3 Å². The molecule has 3 heterocycles. The van der Waals surface area contributed by atoms with Crippen LogP contribution in [-0.2, 0) is 4.74 Å². The minimum absolute atomic E-state index is 0.255. The molecule has 148 valence electrons. The lowest BCUT2D eigenvalue weighted by atomic mass is 9.97. The van der Waals surface area contributed by atoms with Gasteiger partial charge in [-0.3, -0.25) is 4.79 Å². The van der Waals surface area contributed by atoms with Crippen LogP contribution in [0.25, 0.3) is 22.2 Å². The third-order valence-corrected chi connectivity index (χ3v) is 4.97. The van der Waals surface area contributed by atoms with Crippen molar-refractivity contribution in [3.63, 3.8) is 0 Å². The predicted octanol–water partition coefficient (Wildman–Crippen LogP) is -0.265. The Morgan fingerprint density at radius 1 is 1.11 bits per heavy atom. The zero-order valence-electron chi connectivity index (χ0n) is 14.7. The van der Waals surface area contributed by atoms with Gasteiger partial charge in [-0.25, -0.2) is 0 Å². The molecule has 1 aliphatic rings. The van der Waals surface area contributed by atoms with Crippen molar-refractivity contribution in [2.75, 3.05) is 11.9 Å². The van der Waals surface area contributed by atoms with Crippen molar-refractivity contribution in [2.24, 2.45) is 0 Å². The van der Waals surface area contributed by atoms with Crippen LogP contribution in [0.5, 0.6) is 0 Å². The van der Waals surface area contributed by atoms with E-state index in [0.29, 0.717) is 22.5 Å². The van der Waals surface area contributed by atoms with E-state index < -0.39 is 37.3 Å². The topological polar surface area (TPSA) is 151 Å². The van der Waals surface area contributed by atoms with Crippen molar-refractivity contribution in [1.82, 2.24) is 9.97 Å². The van der Waals surface area contributed by atoms with E-state index in [9.17, 15) is 20.1 Å². The van der Waals surface area contributed by atoms with Crippen LogP contribution in [0.15, 0.2) is 47.4 Å². The van der Waals surface area contributed by atoms with E-state index in [-0.39, 0.29) is 5.56 Å². The molecule has 1 fully saturated rings. The highest BCUT2D eigenvalue weighted by Crippen LogP contribution is 2.25. The van der Waals surface area contributed by atoms with E-state index in [0.717, 1.165) is 5.39 Å². The van der Waals surface area contributed by atoms with Gasteiger partial charge in [0.15, 0.2) is 6.29 Å². The first-order valence-corrected chi connectivity index (χ1v) is 8.86. The van der Waals surface area contributed by atoms with Crippen LogP contribution in [0.3, 0.4) is 0 Å². The van der Waals surface area contributed by atoms with E-state index >= 15 is 0 Å². The molecule has 9 heteroatoms. The Morgan fingerprint density at radius 2 is 1.93 bits per heavy atom. The van der Waals surface area contributed by atoms with E-state index in [1.165, 1.54) is 0 Å². The summed E-state index contributed by atoms with van der Waals surface area (Å²) in [5.41, 5.74) is 2.05. The Bertz CT molecular complexity index is 1020. The van der Waals surface area contributed by atoms with Gasteiger partial charge in [0.1, 0.15) is 24.4 Å². The summed E-state index contributed by atoms with van der Waals surface area (Å²) in [4.78, 5) is 18.2. The van der Waals surface area contributed by atoms with Gasteiger partial charge >= 0.3 is 0 Å². The van der Waals surface area contributed by atoms with Crippen LogP contribution >= 0.6 is 0 Å². The highest BCUT2D eigenvalue weighted by Gasteiger charge is 2.43. The van der Waals surface area contributed by atoms with Gasteiger partial charge in [-0.1, -0.05) is 6.07 Å². The number of hydrogen-bond acceptors (Lipinski definition) is 7. The van der Waals surface area contributed by atoms with Gasteiger partial charge in [0.25, 0.3) is 5.56 Å². The fourth-order valence-electron chi connectivity index (χ4n) is 3.43. The number of aromatic amines is 2. The molecule has 1 saturated heterocycles. The molecule has 2 aromatic heterocycles. The molecule has 7 N–H and O–H groups in total. The molecular formula is C19H21N3O6. The highest BCUT2D eigenvalue weighted by atomic mass is 16.6. The average Bonchev–Trinajstić information content (AvgIpc) is 3.22. The molecule has 0 amide bonds. The molecule has 1 aliphatic heterocycles. The van der Waals surface area contributed by atoms with Gasteiger partial charge < -0.3 is 40.4 Å². The number of rotatable bonds is 4. The van der Waals surface area contributed by atoms with Crippen LogP contribution < -0.4 is 10.9 Å². The Hall–Kier alpha value is -2.69. The fourth-order valence-corrected chi connectivity index (χ4v) is 3.43. The molecular weight excluding hydrogens is 366 g/mol. The first-order chi connectivity index (χ1) is 13.5. The number of aromatic nitrogens is 2. The Balaban J connectivity index is 1.62. The molecule has 0 saturated carbocycles. The van der Waals surface area contributed by atoms with Crippen molar-refractivity contribution >= 4 is 16.6 Å². The van der Waals surface area contributed by atoms with Gasteiger partial charge in [-0.15, -0.1) is 0 Å². The lowest BCUT2D eigenvalue weighted by molar-refractivity contribution is -0.245. The molecule has 3 unspecified atom stereocenters. The maximum absolute atomic E-state index is 12.4. The second kappa shape index (κ2) is 7.38. The molecule has 1 aromatic carbocycles. The van der Waals surface area contributed by atoms with Crippen LogP contribution in [0.2, 0.25) is 0 Å². The number of aliphatic hydroxyl groups is 4. The lowest BCUT2D eigenvalue weighted by Crippen LogP contribution is -2.61. The molecule has 0 spiro atoms. The second-order valence-corrected chi connectivity index (χ2v) is 6.80. The lowest BCUT2D eigenvalue weighted by Gasteiger charge is -2.40. The summed E-state index contributed by atoms with van der Waals surface area (Å²) in [6.07, 6.45) is -3.46. The SMILES string of the molecule is O=c1[nH]c2cc(N[C@@H]3C(O)OC(CO)[C@@H](O)C3O)ccc2cc1-c1ccc[nH]1. The van der Waals surface area contributed by atoms with Crippen molar-refractivity contribution < 1.29 is 25.2 Å². The normalized spacial score (nSPS) is 27.8. The average molecular weight is 387 g/mol. The molecule has 5 atom stereocenters. The molecule has 0 bridgehead atoms. The summed E-state index contributed by atoms with van der Waals surface area (Å²) in [6.45, 7) is -0.525. The summed E-state index contributed by atoms with van der Waals surface area (Å²) >= 11 is 0. The van der Waals surface area contributed by atoms with Crippen LogP contribution in [-0.4, -0.2) is 67.6 Å². The number of aliphatic hydroxyl groups excluding tert-OH is 4. The predicted molar refractivity (Wildman–Crippen MR) is 102 cm³/mol. The molecule has 0 aliphatic carbocycles. The molecule has 0 radical (unpaired) electrons. The third kappa shape index (κ3) is 3.30. The number of fused-ring (bicyclic) bond motifs is 1. The molecule has 4 rings (SSSR count). The summed E-state index contributed by atoms with van der Waals surface area (Å²) in [5, 5.41) is 43.2. The van der Waals surface area contributed by atoms with Crippen LogP contribution in [0.4, 0.5) is 5.69 Å². The molecule has 3 aromatic rings. The number of hydrogen-bond donors (Lipinski definition) is 7. The van der Waals surface area contributed by atoms with Crippen LogP contribution in [0, 0.1) is 0 Å². The molecule has 28 heavy (non-hydrogen) atoms. The van der Waals surface area contributed by atoms with Crippen molar-refractivity contribution in [1.29, 1.82) is 0 Å². The smallest absolute Gasteiger partial charge is 0.257 e. The zero-order valence-corrected chi connectivity index (χ0v) is 14.7. The van der Waals surface area contributed by atoms with E-state index in [1.54, 1.807) is 30.5 Å². The van der Waals surface area contributed by atoms with Gasteiger partial charge in [0.05, 0.1) is 23.4 Å². The van der Waals surface area contributed by atoms with Gasteiger partial charge in [0, 0.05) is 11.9 Å². The summed E-state index contributed by atoms with van der Waals surface area (Å²) in [7, 11) is 0. The fraction of sp³-hybridized carbons (Fsp3) is 0.316. The number of nitrogens with one attached hydrogen (secondary N) is 3. The first kappa shape index (κ1) is 18.7. The summed E-state index contributed by atoms with van der Waals surface area (Å²) in [5.74, 6) is 0. The van der Waals surface area contributed by atoms with Crippen molar-refractivity contribution in [3.05, 3.63) is 52.9 Å². The summed E-state index contributed by atoms with van der Waals surface area (Å²) < 4.78 is 5.14. The molecule has 9 nitrogen and oxygen atoms in total. The Labute approximate surface area is 159 Å². The number of ether oxygens (including phenoxy) is 1. The number of pyridine rings is 1. The van der Waals surface area contributed by atoms with Crippen molar-refractivity contribution in [3.8, 4) is 11.3 Å². The van der Waals surface area contributed by atoms with E-state index in [1.807, 2.05) is 12.1 Å². The van der Waals surface area contributed by atoms with Crippen molar-refractivity contribution in [2.45, 2.75) is 30.6 Å². The maximum Gasteiger partial charge on any atom is 0.257 e. The van der Waals surface area contributed by atoms with Gasteiger partial charge in [-0.05, 0) is 35.7 Å². The Morgan fingerprint density at radius 3 is 2.64 bits per heavy atom. The zero-order chi connectivity index (χ0) is 19.8. The first-order valence-electron chi connectivity index (χ1n) is 8.86. The van der Waals surface area contributed by atoms with Gasteiger partial charge in [0.2, 0.25) is 0 Å². The monoisotopic (exact) mass is 387 g/mol. The minimum Gasteiger partial charge on any atom is -0.394 e. The quantitative estimate of drug-likeness (QED) is 0.326. The highest BCUT2D eigenvalue weighted by molar-refractivity contribution is 5.85. The largest absolute Gasteiger partial charge is 0.394 e. The summed E-state index contributed by atoms with van der Waals surface area (Å²) in [6, 6.07) is 9.55. The standard InChI is InChI=1S/C19H21N3O6/c23-8-14-16(24)17(25)15(19(27)28-14)21-10-4-3-9-6-11(12-2-1-5-20-12)18(26)22-13(9)7-10/h1-7,14-17,19-21,23-25,27H,8H2,(H,22,26)/t14?,15-,16+,17?,19?/m0/s1. The number of anilines is 1. The number of H-pyrrole nitrogens is 2. The third-order valence-electron chi connectivity index (χ3n) is 4.97. The second-order valence-electron chi connectivity index (χ2n) is 6.80. The minimum atomic E-state index is -1.43.